The van der Waals surface area contributed by atoms with Crippen LogP contribution in [0.2, 0.25) is 5.02 Å². The molecule has 1 saturated heterocycles. The van der Waals surface area contributed by atoms with Crippen LogP contribution in [0.1, 0.15) is 0 Å². The predicted octanol–water partition coefficient (Wildman–Crippen LogP) is 1.71. The van der Waals surface area contributed by atoms with E-state index in [1.807, 2.05) is 30.0 Å². The molecule has 2 heterocycles. The third kappa shape index (κ3) is 3.70. The Morgan fingerprint density at radius 2 is 1.80 bits per heavy atom. The molecule has 0 aliphatic carbocycles. The molecule has 0 saturated carbocycles. The Hall–Kier alpha value is -1.90. The minimum absolute atomic E-state index is 0.152. The molecule has 1 aliphatic heterocycles. The van der Waals surface area contributed by atoms with Gasteiger partial charge in [0.1, 0.15) is 4.90 Å². The van der Waals surface area contributed by atoms with Crippen LogP contribution in [0.25, 0.3) is 0 Å². The summed E-state index contributed by atoms with van der Waals surface area (Å²) in [5.41, 5.74) is 0.955. The van der Waals surface area contributed by atoms with Gasteiger partial charge in [-0.2, -0.15) is 9.40 Å². The van der Waals surface area contributed by atoms with E-state index < -0.39 is 10.0 Å². The zero-order valence-electron chi connectivity index (χ0n) is 14.1. The second-order valence-electron chi connectivity index (χ2n) is 5.99. The van der Waals surface area contributed by atoms with Gasteiger partial charge >= 0.3 is 0 Å². The monoisotopic (exact) mass is 381 g/mol. The van der Waals surface area contributed by atoms with Gasteiger partial charge in [0, 0.05) is 46.3 Å². The van der Waals surface area contributed by atoms with Crippen LogP contribution in [0.4, 0.5) is 11.5 Å². The summed E-state index contributed by atoms with van der Waals surface area (Å²) in [6.07, 6.45) is 1.70. The lowest BCUT2D eigenvalue weighted by Crippen LogP contribution is -2.49. The number of hydrogen-bond donors (Lipinski definition) is 0. The average molecular weight is 382 g/mol. The number of nitrogens with zero attached hydrogens (tertiary/aromatic N) is 5. The van der Waals surface area contributed by atoms with E-state index in [1.54, 1.807) is 24.4 Å². The van der Waals surface area contributed by atoms with Crippen LogP contribution >= 0.6 is 11.6 Å². The lowest BCUT2D eigenvalue weighted by atomic mass is 10.3. The van der Waals surface area contributed by atoms with Crippen LogP contribution in [0.3, 0.4) is 0 Å². The Bertz CT molecular complexity index is 851. The molecule has 9 heteroatoms. The van der Waals surface area contributed by atoms with Crippen LogP contribution in [0.5, 0.6) is 0 Å². The Morgan fingerprint density at radius 3 is 2.44 bits per heavy atom. The van der Waals surface area contributed by atoms with Crippen LogP contribution in [-0.4, -0.2) is 63.2 Å². The van der Waals surface area contributed by atoms with Crippen molar-refractivity contribution < 1.29 is 8.42 Å². The number of rotatable bonds is 4. The lowest BCUT2D eigenvalue weighted by molar-refractivity contribution is 0.383. The fourth-order valence-electron chi connectivity index (χ4n) is 2.70. The number of benzene rings is 1. The molecule has 1 aromatic heterocycles. The molecule has 25 heavy (non-hydrogen) atoms. The van der Waals surface area contributed by atoms with Crippen molar-refractivity contribution >= 4 is 33.1 Å². The maximum absolute atomic E-state index is 12.8. The van der Waals surface area contributed by atoms with Crippen molar-refractivity contribution in [2.45, 2.75) is 4.90 Å². The van der Waals surface area contributed by atoms with Crippen molar-refractivity contribution in [3.63, 3.8) is 0 Å². The Labute approximate surface area is 152 Å². The van der Waals surface area contributed by atoms with Crippen LogP contribution in [0.15, 0.2) is 41.4 Å². The molecule has 0 amide bonds. The summed E-state index contributed by atoms with van der Waals surface area (Å²) in [5, 5.41) is 8.44. The van der Waals surface area contributed by atoms with Gasteiger partial charge in [0.25, 0.3) is 0 Å². The molecule has 0 radical (unpaired) electrons. The lowest BCUT2D eigenvalue weighted by Gasteiger charge is -2.34. The highest BCUT2D eigenvalue weighted by molar-refractivity contribution is 7.89. The zero-order chi connectivity index (χ0) is 18.0. The van der Waals surface area contributed by atoms with E-state index in [0.29, 0.717) is 26.2 Å². The maximum Gasteiger partial charge on any atom is 0.244 e. The summed E-state index contributed by atoms with van der Waals surface area (Å²) >= 11 is 6.06. The van der Waals surface area contributed by atoms with E-state index in [1.165, 1.54) is 10.4 Å². The topological polar surface area (TPSA) is 69.6 Å². The highest BCUT2D eigenvalue weighted by atomic mass is 35.5. The van der Waals surface area contributed by atoms with Gasteiger partial charge in [-0.1, -0.05) is 23.7 Å². The van der Waals surface area contributed by atoms with E-state index in [-0.39, 0.29) is 9.92 Å². The molecule has 134 valence electrons. The van der Waals surface area contributed by atoms with Gasteiger partial charge < -0.3 is 9.80 Å². The molecule has 1 aromatic carbocycles. The van der Waals surface area contributed by atoms with E-state index >= 15 is 0 Å². The van der Waals surface area contributed by atoms with E-state index in [0.717, 1.165) is 11.5 Å². The van der Waals surface area contributed by atoms with Crippen molar-refractivity contribution in [2.24, 2.45) is 0 Å². The summed E-state index contributed by atoms with van der Waals surface area (Å²) in [7, 11) is 0.289. The van der Waals surface area contributed by atoms with Gasteiger partial charge in [0.2, 0.25) is 10.0 Å². The first-order valence-electron chi connectivity index (χ1n) is 7.89. The van der Waals surface area contributed by atoms with Crippen molar-refractivity contribution in [2.75, 3.05) is 50.1 Å². The highest BCUT2D eigenvalue weighted by Gasteiger charge is 2.30. The molecule has 0 N–H and O–H groups in total. The van der Waals surface area contributed by atoms with E-state index in [9.17, 15) is 8.42 Å². The number of halogens is 1. The molecule has 1 fully saturated rings. The average Bonchev–Trinajstić information content (AvgIpc) is 2.62. The molecule has 0 spiro atoms. The fourth-order valence-corrected chi connectivity index (χ4v) is 4.61. The van der Waals surface area contributed by atoms with Gasteiger partial charge in [0.05, 0.1) is 16.9 Å². The highest BCUT2D eigenvalue weighted by Crippen LogP contribution is 2.26. The minimum Gasteiger partial charge on any atom is -0.376 e. The van der Waals surface area contributed by atoms with Gasteiger partial charge in [-0.3, -0.25) is 0 Å². The SMILES string of the molecule is CN(C)c1cnnc(N2CCN(S(=O)(=O)c3ccccc3Cl)CC2)c1. The molecule has 0 atom stereocenters. The Morgan fingerprint density at radius 1 is 1.12 bits per heavy atom. The number of sulfonamides is 1. The molecular formula is C16H20ClN5O2S. The van der Waals surface area contributed by atoms with Crippen LogP contribution in [-0.2, 0) is 10.0 Å². The molecule has 7 nitrogen and oxygen atoms in total. The van der Waals surface area contributed by atoms with Gasteiger partial charge in [-0.05, 0) is 12.1 Å². The van der Waals surface area contributed by atoms with Gasteiger partial charge in [-0.25, -0.2) is 8.42 Å². The first kappa shape index (κ1) is 17.9. The van der Waals surface area contributed by atoms with Crippen molar-refractivity contribution in [1.29, 1.82) is 0 Å². The number of aromatic nitrogens is 2. The molecule has 0 bridgehead atoms. The van der Waals surface area contributed by atoms with Crippen molar-refractivity contribution in [3.05, 3.63) is 41.6 Å². The van der Waals surface area contributed by atoms with Gasteiger partial charge in [-0.15, -0.1) is 5.10 Å². The van der Waals surface area contributed by atoms with Crippen LogP contribution in [0, 0.1) is 0 Å². The summed E-state index contributed by atoms with van der Waals surface area (Å²) in [6.45, 7) is 1.85. The Kier molecular flexibility index (Phi) is 5.12. The van der Waals surface area contributed by atoms with E-state index in [2.05, 4.69) is 10.2 Å². The third-order valence-electron chi connectivity index (χ3n) is 4.16. The second kappa shape index (κ2) is 7.15. The standard InChI is InChI=1S/C16H20ClN5O2S/c1-20(2)13-11-16(19-18-12-13)21-7-9-22(10-8-21)25(23,24)15-6-4-3-5-14(15)17/h3-6,11-12H,7-10H2,1-2H3. The number of anilines is 2. The first-order chi connectivity index (χ1) is 11.9. The molecule has 1 aliphatic rings. The molecular weight excluding hydrogens is 362 g/mol. The Balaban J connectivity index is 1.74. The normalized spacial score (nSPS) is 16.0. The zero-order valence-corrected chi connectivity index (χ0v) is 15.7. The first-order valence-corrected chi connectivity index (χ1v) is 9.71. The minimum atomic E-state index is -3.59. The molecule has 0 unspecified atom stereocenters. The maximum atomic E-state index is 12.8. The van der Waals surface area contributed by atoms with Crippen molar-refractivity contribution in [1.82, 2.24) is 14.5 Å². The smallest absolute Gasteiger partial charge is 0.244 e. The second-order valence-corrected chi connectivity index (χ2v) is 8.30. The summed E-state index contributed by atoms with van der Waals surface area (Å²) in [4.78, 5) is 4.15. The predicted molar refractivity (Wildman–Crippen MR) is 98.8 cm³/mol. The van der Waals surface area contributed by atoms with E-state index in [4.69, 9.17) is 11.6 Å². The number of piperazine rings is 1. The van der Waals surface area contributed by atoms with Gasteiger partial charge in [0.15, 0.2) is 5.82 Å². The largest absolute Gasteiger partial charge is 0.376 e. The quantitative estimate of drug-likeness (QED) is 0.803. The van der Waals surface area contributed by atoms with Crippen molar-refractivity contribution in [3.8, 4) is 0 Å². The summed E-state index contributed by atoms with van der Waals surface area (Å²) < 4.78 is 27.0. The molecule has 3 rings (SSSR count). The van der Waals surface area contributed by atoms with Crippen LogP contribution < -0.4 is 9.80 Å². The summed E-state index contributed by atoms with van der Waals surface area (Å²) in [6, 6.07) is 8.47. The fraction of sp³-hybridized carbons (Fsp3) is 0.375. The number of hydrogen-bond acceptors (Lipinski definition) is 6. The summed E-state index contributed by atoms with van der Waals surface area (Å²) in [5.74, 6) is 0.751. The molecule has 2 aromatic rings. The third-order valence-corrected chi connectivity index (χ3v) is 6.56.